The van der Waals surface area contributed by atoms with Gasteiger partial charge in [0, 0.05) is 39.0 Å². The fraction of sp³-hybridized carbons (Fsp3) is 0.0870. The van der Waals surface area contributed by atoms with Gasteiger partial charge in [0.05, 0.1) is 33.0 Å². The number of aromatic nitrogens is 2. The standard InChI is InChI=1S/C46H36N4S/c1-31(47-2)34-15-12-20-39(29-34)50-43-28-23-35(30-41(43)40-26-27-42-45(44(40)50)51-46(48-42)33-13-6-3-7-14-33)32-21-24-38(25-22-32)49(36-16-8-4-9-17-36)37-18-10-5-11-19-37/h4-6,8-18,20-30,37H,1-3,7,19H2. The van der Waals surface area contributed by atoms with E-state index < -0.39 is 0 Å². The molecule has 4 nitrogen and oxygen atoms in total. The van der Waals surface area contributed by atoms with E-state index in [2.05, 4.69) is 173 Å². The Morgan fingerprint density at radius 1 is 0.804 bits per heavy atom. The van der Waals surface area contributed by atoms with Crippen LogP contribution in [0.2, 0.25) is 0 Å². The van der Waals surface area contributed by atoms with Gasteiger partial charge in [0.25, 0.3) is 0 Å². The molecule has 0 radical (unpaired) electrons. The van der Waals surface area contributed by atoms with E-state index in [1.54, 1.807) is 11.3 Å². The summed E-state index contributed by atoms with van der Waals surface area (Å²) in [6.45, 7) is 7.86. The SMILES string of the molecule is C=NC(=C)c1cccc(-n2c3ccc(-c4ccc(N(c5ccccc5)C5C=CC=CC5)cc4)cc3c3ccc4nc(C5=CCCC=C5)sc4c32)c1. The van der Waals surface area contributed by atoms with Gasteiger partial charge in [0.1, 0.15) is 5.01 Å². The Morgan fingerprint density at radius 3 is 2.43 bits per heavy atom. The third kappa shape index (κ3) is 5.56. The van der Waals surface area contributed by atoms with E-state index >= 15 is 0 Å². The first-order valence-electron chi connectivity index (χ1n) is 17.5. The van der Waals surface area contributed by atoms with Gasteiger partial charge < -0.3 is 9.47 Å². The predicted molar refractivity (Wildman–Crippen MR) is 220 cm³/mol. The number of thiazole rings is 1. The topological polar surface area (TPSA) is 33.4 Å². The highest BCUT2D eigenvalue weighted by atomic mass is 32.1. The van der Waals surface area contributed by atoms with Crippen LogP contribution < -0.4 is 4.90 Å². The molecule has 0 aliphatic heterocycles. The monoisotopic (exact) mass is 676 g/mol. The Bertz CT molecular complexity index is 2600. The molecule has 0 fully saturated rings. The lowest BCUT2D eigenvalue weighted by Crippen LogP contribution is -2.29. The number of benzene rings is 5. The first-order valence-corrected chi connectivity index (χ1v) is 18.3. The van der Waals surface area contributed by atoms with Crippen molar-refractivity contribution in [3.05, 3.63) is 169 Å². The summed E-state index contributed by atoms with van der Waals surface area (Å²) in [6, 6.07) is 39.7. The normalized spacial score (nSPS) is 15.5. The second kappa shape index (κ2) is 13.0. The minimum atomic E-state index is 0.262. The number of aliphatic imine (C=N–C) groups is 1. The van der Waals surface area contributed by atoms with Crippen LogP contribution in [-0.2, 0) is 0 Å². The number of rotatable bonds is 8. The van der Waals surface area contributed by atoms with Crippen molar-refractivity contribution in [2.45, 2.75) is 25.3 Å². The number of hydrogen-bond donors (Lipinski definition) is 0. The highest BCUT2D eigenvalue weighted by Crippen LogP contribution is 2.42. The van der Waals surface area contributed by atoms with Crippen molar-refractivity contribution in [2.75, 3.05) is 4.90 Å². The number of anilines is 2. The molecule has 2 aromatic heterocycles. The van der Waals surface area contributed by atoms with Crippen LogP contribution in [0.4, 0.5) is 11.4 Å². The maximum Gasteiger partial charge on any atom is 0.124 e. The van der Waals surface area contributed by atoms with Crippen LogP contribution in [0.15, 0.2) is 163 Å². The smallest absolute Gasteiger partial charge is 0.124 e. The maximum absolute atomic E-state index is 5.13. The summed E-state index contributed by atoms with van der Waals surface area (Å²) in [7, 11) is 0. The summed E-state index contributed by atoms with van der Waals surface area (Å²) in [4.78, 5) is 11.7. The van der Waals surface area contributed by atoms with Crippen molar-refractivity contribution in [3.8, 4) is 16.8 Å². The highest BCUT2D eigenvalue weighted by Gasteiger charge is 2.21. The molecule has 1 atom stereocenters. The van der Waals surface area contributed by atoms with Crippen molar-refractivity contribution in [1.82, 2.24) is 9.55 Å². The van der Waals surface area contributed by atoms with E-state index in [1.807, 2.05) is 6.07 Å². The molecule has 7 aromatic rings. The van der Waals surface area contributed by atoms with Gasteiger partial charge in [-0.1, -0.05) is 97.6 Å². The Morgan fingerprint density at radius 2 is 1.65 bits per heavy atom. The Balaban J connectivity index is 1.19. The summed E-state index contributed by atoms with van der Waals surface area (Å²) in [5, 5.41) is 3.47. The van der Waals surface area contributed by atoms with E-state index in [9.17, 15) is 0 Å². The second-order valence-corrected chi connectivity index (χ2v) is 14.1. The third-order valence-electron chi connectivity index (χ3n) is 9.96. The zero-order valence-corrected chi connectivity index (χ0v) is 29.1. The van der Waals surface area contributed by atoms with Crippen molar-refractivity contribution < 1.29 is 0 Å². The van der Waals surface area contributed by atoms with Crippen molar-refractivity contribution in [1.29, 1.82) is 0 Å². The number of hydrogen-bond acceptors (Lipinski definition) is 4. The van der Waals surface area contributed by atoms with E-state index in [-0.39, 0.29) is 6.04 Å². The molecule has 51 heavy (non-hydrogen) atoms. The van der Waals surface area contributed by atoms with Crippen LogP contribution in [-0.4, -0.2) is 22.3 Å². The Hall–Kier alpha value is -6.04. The maximum atomic E-state index is 5.13. The lowest BCUT2D eigenvalue weighted by Gasteiger charge is -2.32. The van der Waals surface area contributed by atoms with Crippen molar-refractivity contribution >= 4 is 72.7 Å². The van der Waals surface area contributed by atoms with Crippen LogP contribution >= 0.6 is 11.3 Å². The van der Waals surface area contributed by atoms with E-state index in [0.29, 0.717) is 5.70 Å². The fourth-order valence-corrected chi connectivity index (χ4v) is 8.56. The zero-order chi connectivity index (χ0) is 34.3. The molecular weight excluding hydrogens is 641 g/mol. The predicted octanol–water partition coefficient (Wildman–Crippen LogP) is 12.5. The van der Waals surface area contributed by atoms with Crippen molar-refractivity contribution in [2.24, 2.45) is 4.99 Å². The first-order chi connectivity index (χ1) is 25.2. The van der Waals surface area contributed by atoms with E-state index in [0.717, 1.165) is 46.6 Å². The Kier molecular flexibility index (Phi) is 7.90. The van der Waals surface area contributed by atoms with Crippen LogP contribution in [0.3, 0.4) is 0 Å². The molecule has 0 spiro atoms. The lowest BCUT2D eigenvalue weighted by molar-refractivity contribution is 0.785. The highest BCUT2D eigenvalue weighted by molar-refractivity contribution is 7.20. The van der Waals surface area contributed by atoms with Gasteiger partial charge in [-0.2, -0.15) is 0 Å². The van der Waals surface area contributed by atoms with Gasteiger partial charge in [0.2, 0.25) is 0 Å². The van der Waals surface area contributed by atoms with Crippen LogP contribution in [0.1, 0.15) is 29.8 Å². The largest absolute Gasteiger partial charge is 0.334 e. The minimum Gasteiger partial charge on any atom is -0.334 e. The zero-order valence-electron chi connectivity index (χ0n) is 28.2. The molecule has 2 heterocycles. The van der Waals surface area contributed by atoms with Gasteiger partial charge in [-0.25, -0.2) is 4.98 Å². The van der Waals surface area contributed by atoms with Crippen LogP contribution in [0, 0.1) is 0 Å². The number of nitrogens with zero attached hydrogens (tertiary/aromatic N) is 4. The van der Waals surface area contributed by atoms with Crippen LogP contribution in [0.5, 0.6) is 0 Å². The molecule has 0 N–H and O–H groups in total. The first kappa shape index (κ1) is 31.0. The molecular formula is C46H36N4S. The number of fused-ring (bicyclic) bond motifs is 5. The summed E-state index contributed by atoms with van der Waals surface area (Å²) < 4.78 is 3.57. The van der Waals surface area contributed by atoms with Gasteiger partial charge >= 0.3 is 0 Å². The lowest BCUT2D eigenvalue weighted by atomic mass is 10.0. The van der Waals surface area contributed by atoms with Gasteiger partial charge in [-0.05, 0) is 97.8 Å². The molecule has 0 amide bonds. The fourth-order valence-electron chi connectivity index (χ4n) is 7.44. The quantitative estimate of drug-likeness (QED) is 0.150. The van der Waals surface area contributed by atoms with E-state index in [1.165, 1.54) is 49.1 Å². The summed E-state index contributed by atoms with van der Waals surface area (Å²) in [5.74, 6) is 0. The molecule has 246 valence electrons. The molecule has 0 bridgehead atoms. The average molecular weight is 677 g/mol. The molecule has 2 aliphatic rings. The summed E-state index contributed by atoms with van der Waals surface area (Å²) in [5.41, 5.74) is 11.9. The summed E-state index contributed by atoms with van der Waals surface area (Å²) >= 11 is 1.78. The molecule has 2 aliphatic carbocycles. The Labute approximate surface area is 302 Å². The average Bonchev–Trinajstić information content (AvgIpc) is 3.79. The summed E-state index contributed by atoms with van der Waals surface area (Å²) in [6.07, 6.45) is 18.7. The van der Waals surface area contributed by atoms with Crippen LogP contribution in [0.25, 0.3) is 60.1 Å². The molecule has 5 aromatic carbocycles. The van der Waals surface area contributed by atoms with Gasteiger partial charge in [-0.15, -0.1) is 11.3 Å². The molecule has 9 rings (SSSR count). The molecule has 0 saturated heterocycles. The minimum absolute atomic E-state index is 0.262. The number of para-hydroxylation sites is 1. The van der Waals surface area contributed by atoms with Gasteiger partial charge in [0.15, 0.2) is 0 Å². The third-order valence-corrected chi connectivity index (χ3v) is 11.1. The second-order valence-electron chi connectivity index (χ2n) is 13.1. The van der Waals surface area contributed by atoms with Crippen molar-refractivity contribution in [3.63, 3.8) is 0 Å². The molecule has 0 saturated carbocycles. The molecule has 1 unspecified atom stereocenters. The number of allylic oxidation sites excluding steroid dienone is 6. The van der Waals surface area contributed by atoms with E-state index in [4.69, 9.17) is 4.98 Å². The molecule has 5 heteroatoms. The van der Waals surface area contributed by atoms with Gasteiger partial charge in [-0.3, -0.25) is 4.99 Å².